The summed E-state index contributed by atoms with van der Waals surface area (Å²) in [5.41, 5.74) is 6.39. The summed E-state index contributed by atoms with van der Waals surface area (Å²) in [6, 6.07) is 16.0. The Hall–Kier alpha value is -0.730. The zero-order chi connectivity index (χ0) is 13.0. The van der Waals surface area contributed by atoms with Crippen LogP contribution < -0.4 is 18.1 Å². The minimum absolute atomic E-state index is 0. The quantitative estimate of drug-likeness (QED) is 0.863. The lowest BCUT2D eigenvalue weighted by Gasteiger charge is -2.17. The van der Waals surface area contributed by atoms with E-state index in [1.165, 1.54) is 11.1 Å². The third-order valence-corrected chi connectivity index (χ3v) is 3.47. The molecule has 0 atom stereocenters. The van der Waals surface area contributed by atoms with E-state index in [1.807, 2.05) is 36.4 Å². The van der Waals surface area contributed by atoms with Crippen molar-refractivity contribution in [2.75, 3.05) is 6.54 Å². The predicted molar refractivity (Wildman–Crippen MR) is 77.1 cm³/mol. The number of hydrogen-bond acceptors (Lipinski definition) is 0. The van der Waals surface area contributed by atoms with Gasteiger partial charge in [-0.25, -0.2) is 0 Å². The number of quaternary nitrogens is 1. The van der Waals surface area contributed by atoms with Crippen LogP contribution in [0.5, 0.6) is 0 Å². The van der Waals surface area contributed by atoms with Crippen molar-refractivity contribution in [2.24, 2.45) is 0 Å². The van der Waals surface area contributed by atoms with E-state index in [0.29, 0.717) is 5.92 Å². The van der Waals surface area contributed by atoms with E-state index in [0.717, 1.165) is 23.0 Å². The first-order valence-corrected chi connectivity index (χ1v) is 6.76. The molecule has 0 aromatic heterocycles. The van der Waals surface area contributed by atoms with Crippen molar-refractivity contribution in [3.05, 3.63) is 69.7 Å². The van der Waals surface area contributed by atoms with Crippen LogP contribution in [0.4, 0.5) is 0 Å². The molecule has 0 aliphatic carbocycles. The Morgan fingerprint density at radius 2 is 1.37 bits per heavy atom. The molecule has 0 bridgehead atoms. The van der Waals surface area contributed by atoms with E-state index in [-0.39, 0.29) is 12.4 Å². The Labute approximate surface area is 130 Å². The minimum atomic E-state index is 0. The van der Waals surface area contributed by atoms with Gasteiger partial charge in [0.1, 0.15) is 0 Å². The Balaban J connectivity index is 0.00000180. The highest BCUT2D eigenvalue weighted by atomic mass is 35.5. The Morgan fingerprint density at radius 3 is 1.74 bits per heavy atom. The van der Waals surface area contributed by atoms with Gasteiger partial charge in [-0.1, -0.05) is 47.5 Å². The average Bonchev–Trinajstić information content (AvgIpc) is 2.36. The second-order valence-corrected chi connectivity index (χ2v) is 5.18. The van der Waals surface area contributed by atoms with Gasteiger partial charge >= 0.3 is 0 Å². The fraction of sp³-hybridized carbons (Fsp3) is 0.200. The first-order valence-electron chi connectivity index (χ1n) is 6.01. The van der Waals surface area contributed by atoms with Crippen molar-refractivity contribution in [3.8, 4) is 0 Å². The molecule has 1 nitrogen and oxygen atoms in total. The number of benzene rings is 2. The summed E-state index contributed by atoms with van der Waals surface area (Å²) in [4.78, 5) is 0. The molecule has 0 saturated carbocycles. The minimum Gasteiger partial charge on any atom is -1.00 e. The van der Waals surface area contributed by atoms with Gasteiger partial charge < -0.3 is 18.1 Å². The molecule has 0 spiro atoms. The van der Waals surface area contributed by atoms with E-state index in [1.54, 1.807) is 0 Å². The Morgan fingerprint density at radius 1 is 0.895 bits per heavy atom. The van der Waals surface area contributed by atoms with E-state index in [4.69, 9.17) is 23.2 Å². The molecule has 2 aromatic carbocycles. The van der Waals surface area contributed by atoms with Gasteiger partial charge in [0.05, 0.1) is 6.54 Å². The molecule has 19 heavy (non-hydrogen) atoms. The van der Waals surface area contributed by atoms with E-state index in [9.17, 15) is 0 Å². The zero-order valence-corrected chi connectivity index (χ0v) is 12.7. The molecule has 0 fully saturated rings. The van der Waals surface area contributed by atoms with Crippen molar-refractivity contribution >= 4 is 23.2 Å². The van der Waals surface area contributed by atoms with Crippen LogP contribution in [0.3, 0.4) is 0 Å². The number of hydrogen-bond donors (Lipinski definition) is 1. The lowest BCUT2D eigenvalue weighted by molar-refractivity contribution is -0.368. The van der Waals surface area contributed by atoms with Crippen LogP contribution in [0.2, 0.25) is 10.0 Å². The van der Waals surface area contributed by atoms with Gasteiger partial charge in [-0.15, -0.1) is 0 Å². The highest BCUT2D eigenvalue weighted by Crippen LogP contribution is 2.30. The summed E-state index contributed by atoms with van der Waals surface area (Å²) in [6.07, 6.45) is 0.987. The van der Waals surface area contributed by atoms with Crippen LogP contribution in [0.25, 0.3) is 0 Å². The van der Waals surface area contributed by atoms with Gasteiger partial charge in [0.25, 0.3) is 0 Å². The average molecular weight is 317 g/mol. The third kappa shape index (κ3) is 4.39. The highest BCUT2D eigenvalue weighted by molar-refractivity contribution is 6.31. The number of halogens is 3. The number of rotatable bonds is 4. The van der Waals surface area contributed by atoms with Crippen LogP contribution in [-0.2, 0) is 0 Å². The summed E-state index contributed by atoms with van der Waals surface area (Å²) in [7, 11) is 0. The van der Waals surface area contributed by atoms with Crippen LogP contribution in [0.15, 0.2) is 48.5 Å². The molecule has 0 radical (unpaired) electrons. The molecule has 4 heteroatoms. The van der Waals surface area contributed by atoms with Gasteiger partial charge in [-0.2, -0.15) is 0 Å². The summed E-state index contributed by atoms with van der Waals surface area (Å²) < 4.78 is 0. The molecule has 0 saturated heterocycles. The topological polar surface area (TPSA) is 27.6 Å². The summed E-state index contributed by atoms with van der Waals surface area (Å²) in [5.74, 6) is 0.305. The second kappa shape index (κ2) is 7.76. The largest absolute Gasteiger partial charge is 1.00 e. The van der Waals surface area contributed by atoms with Gasteiger partial charge in [0, 0.05) is 22.4 Å². The molecule has 2 rings (SSSR count). The SMILES string of the molecule is [Cl-].[NH3+]CCC(c1cccc(Cl)c1)c1cccc(Cl)c1. The third-order valence-electron chi connectivity index (χ3n) is 2.99. The van der Waals surface area contributed by atoms with Crippen molar-refractivity contribution in [3.63, 3.8) is 0 Å². The van der Waals surface area contributed by atoms with Crippen molar-refractivity contribution in [2.45, 2.75) is 12.3 Å². The lowest BCUT2D eigenvalue weighted by atomic mass is 9.88. The summed E-state index contributed by atoms with van der Waals surface area (Å²) in [5, 5.41) is 1.53. The molecular formula is C15H16Cl3N. The van der Waals surface area contributed by atoms with Gasteiger partial charge in [0.15, 0.2) is 0 Å². The standard InChI is InChI=1S/C15H15Cl2N.ClH/c16-13-5-1-3-11(9-13)15(7-8-18)12-4-2-6-14(17)10-12;/h1-6,9-10,15H,7-8,18H2;1H. The maximum atomic E-state index is 6.07. The molecule has 0 amide bonds. The maximum Gasteiger partial charge on any atom is 0.0749 e. The van der Waals surface area contributed by atoms with Gasteiger partial charge in [0.2, 0.25) is 0 Å². The predicted octanol–water partition coefficient (Wildman–Crippen LogP) is 0.761. The fourth-order valence-electron chi connectivity index (χ4n) is 2.18. The molecule has 0 aliphatic heterocycles. The summed E-state index contributed by atoms with van der Waals surface area (Å²) >= 11 is 12.1. The highest BCUT2D eigenvalue weighted by Gasteiger charge is 2.14. The van der Waals surface area contributed by atoms with E-state index >= 15 is 0 Å². The molecular weight excluding hydrogens is 301 g/mol. The normalized spacial score (nSPS) is 10.3. The molecule has 0 unspecified atom stereocenters. The first kappa shape index (κ1) is 16.3. The van der Waals surface area contributed by atoms with E-state index in [2.05, 4.69) is 17.9 Å². The van der Waals surface area contributed by atoms with Crippen LogP contribution >= 0.6 is 23.2 Å². The Bertz CT molecular complexity index is 483. The maximum absolute atomic E-state index is 6.07. The lowest BCUT2D eigenvalue weighted by Crippen LogP contribution is -3.00. The fourth-order valence-corrected chi connectivity index (χ4v) is 2.57. The molecule has 2 aromatic rings. The van der Waals surface area contributed by atoms with Gasteiger partial charge in [-0.3, -0.25) is 0 Å². The smallest absolute Gasteiger partial charge is 0.0749 e. The Kier molecular flexibility index (Phi) is 6.67. The monoisotopic (exact) mass is 315 g/mol. The molecule has 0 heterocycles. The molecule has 102 valence electrons. The molecule has 0 aliphatic rings. The van der Waals surface area contributed by atoms with Gasteiger partial charge in [-0.05, 0) is 35.4 Å². The van der Waals surface area contributed by atoms with Crippen LogP contribution in [0.1, 0.15) is 23.5 Å². The summed E-state index contributed by atoms with van der Waals surface area (Å²) in [6.45, 7) is 0.879. The van der Waals surface area contributed by atoms with Crippen LogP contribution in [-0.4, -0.2) is 6.54 Å². The van der Waals surface area contributed by atoms with E-state index < -0.39 is 0 Å². The second-order valence-electron chi connectivity index (χ2n) is 4.30. The van der Waals surface area contributed by atoms with Crippen LogP contribution in [0, 0.1) is 0 Å². The first-order chi connectivity index (χ1) is 8.70. The zero-order valence-electron chi connectivity index (χ0n) is 10.5. The van der Waals surface area contributed by atoms with Crippen molar-refractivity contribution < 1.29 is 18.1 Å². The molecule has 3 N–H and O–H groups in total. The van der Waals surface area contributed by atoms with Crippen molar-refractivity contribution in [1.29, 1.82) is 0 Å². The van der Waals surface area contributed by atoms with Crippen molar-refractivity contribution in [1.82, 2.24) is 0 Å².